The molecule has 1 heterocycles. The van der Waals surface area contributed by atoms with E-state index in [9.17, 15) is 0 Å². The van der Waals surface area contributed by atoms with E-state index in [1.165, 1.54) is 0 Å². The number of aromatic nitrogens is 2. The molecule has 2 rings (SSSR count). The number of anilines is 1. The van der Waals surface area contributed by atoms with Gasteiger partial charge in [0.2, 0.25) is 0 Å². The van der Waals surface area contributed by atoms with Crippen molar-refractivity contribution in [3.63, 3.8) is 0 Å². The summed E-state index contributed by atoms with van der Waals surface area (Å²) in [5.41, 5.74) is 3.15. The third-order valence-electron chi connectivity index (χ3n) is 3.12. The summed E-state index contributed by atoms with van der Waals surface area (Å²) in [5, 5.41) is 4.00. The Hall–Kier alpha value is -1.61. The highest BCUT2D eigenvalue weighted by Crippen LogP contribution is 2.26. The summed E-state index contributed by atoms with van der Waals surface area (Å²) < 4.78 is 0. The fourth-order valence-corrected chi connectivity index (χ4v) is 2.26. The molecule has 0 aliphatic rings. The molecule has 1 N–H and O–H groups in total. The zero-order valence-corrected chi connectivity index (χ0v) is 13.1. The van der Waals surface area contributed by atoms with Gasteiger partial charge in [0.05, 0.1) is 0 Å². The van der Waals surface area contributed by atoms with E-state index in [1.807, 2.05) is 31.2 Å². The Morgan fingerprint density at radius 2 is 1.95 bits per heavy atom. The molecule has 106 valence electrons. The summed E-state index contributed by atoms with van der Waals surface area (Å²) in [6, 6.07) is 7.81. The lowest BCUT2D eigenvalue weighted by atomic mass is 10.1. The number of rotatable bonds is 4. The third kappa shape index (κ3) is 3.28. The fourth-order valence-electron chi connectivity index (χ4n) is 2.03. The smallest absolute Gasteiger partial charge is 0.162 e. The molecular formula is C16H20ClN3. The fraction of sp³-hybridized carbons (Fsp3) is 0.375. The van der Waals surface area contributed by atoms with E-state index in [0.717, 1.165) is 40.0 Å². The molecule has 0 amide bonds. The predicted octanol–water partition coefficient (Wildman–Crippen LogP) is 4.66. The van der Waals surface area contributed by atoms with Crippen LogP contribution in [0.1, 0.15) is 37.9 Å². The first kappa shape index (κ1) is 14.8. The maximum Gasteiger partial charge on any atom is 0.162 e. The van der Waals surface area contributed by atoms with Crippen molar-refractivity contribution in [3.05, 3.63) is 40.5 Å². The average Bonchev–Trinajstić information content (AvgIpc) is 2.38. The maximum atomic E-state index is 6.01. The van der Waals surface area contributed by atoms with E-state index in [2.05, 4.69) is 36.1 Å². The van der Waals surface area contributed by atoms with Gasteiger partial charge in [0.25, 0.3) is 0 Å². The normalized spacial score (nSPS) is 10.9. The van der Waals surface area contributed by atoms with Gasteiger partial charge in [-0.3, -0.25) is 0 Å². The lowest BCUT2D eigenvalue weighted by molar-refractivity contribution is 0.816. The molecule has 1 aromatic carbocycles. The Morgan fingerprint density at radius 3 is 2.55 bits per heavy atom. The lowest BCUT2D eigenvalue weighted by Gasteiger charge is -2.12. The van der Waals surface area contributed by atoms with Gasteiger partial charge < -0.3 is 5.32 Å². The summed E-state index contributed by atoms with van der Waals surface area (Å²) in [6.07, 6.45) is 0. The number of nitrogens with zero attached hydrogens (tertiary/aromatic N) is 2. The summed E-state index contributed by atoms with van der Waals surface area (Å²) in [7, 11) is 0. The monoisotopic (exact) mass is 289 g/mol. The highest BCUT2D eigenvalue weighted by atomic mass is 35.5. The van der Waals surface area contributed by atoms with E-state index in [-0.39, 0.29) is 0 Å². The van der Waals surface area contributed by atoms with Gasteiger partial charge in [-0.2, -0.15) is 0 Å². The third-order valence-corrected chi connectivity index (χ3v) is 3.36. The second-order valence-corrected chi connectivity index (χ2v) is 5.58. The highest BCUT2D eigenvalue weighted by Gasteiger charge is 2.11. The number of hydrogen-bond donors (Lipinski definition) is 1. The van der Waals surface area contributed by atoms with E-state index in [1.54, 1.807) is 0 Å². The number of hydrogen-bond acceptors (Lipinski definition) is 3. The molecule has 0 radical (unpaired) electrons. The predicted molar refractivity (Wildman–Crippen MR) is 85.5 cm³/mol. The Morgan fingerprint density at radius 1 is 1.20 bits per heavy atom. The molecule has 0 bridgehead atoms. The molecule has 0 saturated heterocycles. The summed E-state index contributed by atoms with van der Waals surface area (Å²) in [5.74, 6) is 1.98. The van der Waals surface area contributed by atoms with Crippen LogP contribution in [-0.4, -0.2) is 16.5 Å². The largest absolute Gasteiger partial charge is 0.370 e. The topological polar surface area (TPSA) is 37.8 Å². The van der Waals surface area contributed by atoms with Crippen molar-refractivity contribution in [1.29, 1.82) is 0 Å². The Balaban J connectivity index is 2.54. The van der Waals surface area contributed by atoms with E-state index < -0.39 is 0 Å². The SMILES string of the molecule is CCNc1cc(C(C)C)nc(-c2ccc(Cl)cc2C)n1. The first-order valence-electron chi connectivity index (χ1n) is 6.90. The van der Waals surface area contributed by atoms with Crippen LogP contribution in [0.15, 0.2) is 24.3 Å². The van der Waals surface area contributed by atoms with Crippen molar-refractivity contribution in [2.75, 3.05) is 11.9 Å². The second-order valence-electron chi connectivity index (χ2n) is 5.15. The van der Waals surface area contributed by atoms with Crippen LogP contribution in [0.2, 0.25) is 5.02 Å². The van der Waals surface area contributed by atoms with Crippen LogP contribution >= 0.6 is 11.6 Å². The quantitative estimate of drug-likeness (QED) is 0.889. The molecule has 0 aliphatic carbocycles. The first-order chi connectivity index (χ1) is 9.51. The Bertz CT molecular complexity index is 609. The lowest BCUT2D eigenvalue weighted by Crippen LogP contribution is -2.05. The van der Waals surface area contributed by atoms with Crippen molar-refractivity contribution < 1.29 is 0 Å². The van der Waals surface area contributed by atoms with Crippen molar-refractivity contribution in [1.82, 2.24) is 9.97 Å². The molecule has 4 heteroatoms. The van der Waals surface area contributed by atoms with Crippen LogP contribution in [0.3, 0.4) is 0 Å². The van der Waals surface area contributed by atoms with E-state index in [0.29, 0.717) is 5.92 Å². The van der Waals surface area contributed by atoms with Gasteiger partial charge >= 0.3 is 0 Å². The van der Waals surface area contributed by atoms with E-state index >= 15 is 0 Å². The molecule has 1 aromatic heterocycles. The summed E-state index contributed by atoms with van der Waals surface area (Å²) in [4.78, 5) is 9.28. The Kier molecular flexibility index (Phi) is 4.61. The molecule has 0 unspecified atom stereocenters. The van der Waals surface area contributed by atoms with Crippen LogP contribution in [0, 0.1) is 6.92 Å². The summed E-state index contributed by atoms with van der Waals surface area (Å²) in [6.45, 7) is 9.20. The first-order valence-corrected chi connectivity index (χ1v) is 7.28. The minimum Gasteiger partial charge on any atom is -0.370 e. The van der Waals surface area contributed by atoms with Crippen molar-refractivity contribution in [2.45, 2.75) is 33.6 Å². The van der Waals surface area contributed by atoms with Gasteiger partial charge in [0.15, 0.2) is 5.82 Å². The van der Waals surface area contributed by atoms with Gasteiger partial charge in [0, 0.05) is 28.9 Å². The molecular weight excluding hydrogens is 270 g/mol. The van der Waals surface area contributed by atoms with Gasteiger partial charge in [-0.1, -0.05) is 25.4 Å². The van der Waals surface area contributed by atoms with Gasteiger partial charge in [-0.15, -0.1) is 0 Å². The maximum absolute atomic E-state index is 6.01. The number of aryl methyl sites for hydroxylation is 1. The zero-order chi connectivity index (χ0) is 14.7. The zero-order valence-electron chi connectivity index (χ0n) is 12.4. The Labute approximate surface area is 125 Å². The minimum atomic E-state index is 0.363. The number of halogens is 1. The van der Waals surface area contributed by atoms with Crippen molar-refractivity contribution in [2.24, 2.45) is 0 Å². The molecule has 2 aromatic rings. The van der Waals surface area contributed by atoms with Gasteiger partial charge in [-0.05, 0) is 43.5 Å². The number of benzene rings is 1. The molecule has 3 nitrogen and oxygen atoms in total. The molecule has 0 saturated carbocycles. The van der Waals surface area contributed by atoms with Crippen LogP contribution < -0.4 is 5.32 Å². The van der Waals surface area contributed by atoms with Crippen molar-refractivity contribution >= 4 is 17.4 Å². The molecule has 0 atom stereocenters. The average molecular weight is 290 g/mol. The van der Waals surface area contributed by atoms with Crippen LogP contribution in [0.4, 0.5) is 5.82 Å². The molecule has 0 fully saturated rings. The minimum absolute atomic E-state index is 0.363. The van der Waals surface area contributed by atoms with Crippen LogP contribution in [0.25, 0.3) is 11.4 Å². The summed E-state index contributed by atoms with van der Waals surface area (Å²) >= 11 is 6.01. The van der Waals surface area contributed by atoms with Crippen LogP contribution in [0.5, 0.6) is 0 Å². The molecule has 20 heavy (non-hydrogen) atoms. The van der Waals surface area contributed by atoms with Gasteiger partial charge in [-0.25, -0.2) is 9.97 Å². The highest BCUT2D eigenvalue weighted by molar-refractivity contribution is 6.30. The standard InChI is InChI=1S/C16H20ClN3/c1-5-18-15-9-14(10(2)3)19-16(20-15)13-7-6-12(17)8-11(13)4/h6-10H,5H2,1-4H3,(H,18,19,20). The molecule has 0 spiro atoms. The second kappa shape index (κ2) is 6.23. The molecule has 0 aliphatic heterocycles. The van der Waals surface area contributed by atoms with Crippen molar-refractivity contribution in [3.8, 4) is 11.4 Å². The van der Waals surface area contributed by atoms with Gasteiger partial charge in [0.1, 0.15) is 5.82 Å². The van der Waals surface area contributed by atoms with E-state index in [4.69, 9.17) is 11.6 Å². The number of nitrogens with one attached hydrogen (secondary N) is 1. The van der Waals surface area contributed by atoms with Crippen LogP contribution in [-0.2, 0) is 0 Å².